The van der Waals surface area contributed by atoms with Crippen LogP contribution < -0.4 is 5.32 Å². The minimum Gasteiger partial charge on any atom is -0.381 e. The standard InChI is InChI=1S/C14H16N4O2/c1-9-15-13(18-17-9)10-3-2-4-12(7-10)16-14(19)11-5-6-20-8-11/h2-4,7,11H,5-6,8H2,1H3,(H,16,19)(H,15,17,18). The normalized spacial score (nSPS) is 18.1. The number of ether oxygens (including phenoxy) is 1. The molecule has 0 saturated carbocycles. The summed E-state index contributed by atoms with van der Waals surface area (Å²) in [5.74, 6) is 1.34. The number of anilines is 1. The third kappa shape index (κ3) is 2.70. The predicted molar refractivity (Wildman–Crippen MR) is 74.1 cm³/mol. The van der Waals surface area contributed by atoms with Crippen LogP contribution in [0.4, 0.5) is 5.69 Å². The molecule has 6 heteroatoms. The molecule has 0 aliphatic carbocycles. The summed E-state index contributed by atoms with van der Waals surface area (Å²) >= 11 is 0. The highest BCUT2D eigenvalue weighted by Gasteiger charge is 2.23. The van der Waals surface area contributed by atoms with Crippen LogP contribution in [-0.4, -0.2) is 34.3 Å². The van der Waals surface area contributed by atoms with Crippen LogP contribution in [-0.2, 0) is 9.53 Å². The first-order valence-corrected chi connectivity index (χ1v) is 6.60. The van der Waals surface area contributed by atoms with Gasteiger partial charge in [0.05, 0.1) is 12.5 Å². The zero-order valence-corrected chi connectivity index (χ0v) is 11.2. The van der Waals surface area contributed by atoms with Crippen molar-refractivity contribution in [2.75, 3.05) is 18.5 Å². The summed E-state index contributed by atoms with van der Waals surface area (Å²) in [5.41, 5.74) is 1.62. The monoisotopic (exact) mass is 272 g/mol. The minimum atomic E-state index is -0.0515. The largest absolute Gasteiger partial charge is 0.381 e. The maximum absolute atomic E-state index is 12.0. The number of carbonyl (C=O) groups is 1. The minimum absolute atomic E-state index is 0.00539. The highest BCUT2D eigenvalue weighted by atomic mass is 16.5. The Kier molecular flexibility index (Phi) is 3.47. The molecule has 1 aromatic heterocycles. The Morgan fingerprint density at radius 1 is 1.50 bits per heavy atom. The maximum Gasteiger partial charge on any atom is 0.229 e. The number of hydrogen-bond donors (Lipinski definition) is 2. The van der Waals surface area contributed by atoms with Crippen LogP contribution >= 0.6 is 0 Å². The highest BCUT2D eigenvalue weighted by Crippen LogP contribution is 2.21. The molecule has 2 aromatic rings. The summed E-state index contributed by atoms with van der Waals surface area (Å²) in [6.07, 6.45) is 0.783. The highest BCUT2D eigenvalue weighted by molar-refractivity contribution is 5.93. The number of nitrogens with one attached hydrogen (secondary N) is 2. The van der Waals surface area contributed by atoms with E-state index in [-0.39, 0.29) is 11.8 Å². The number of carbonyl (C=O) groups excluding carboxylic acids is 1. The van der Waals surface area contributed by atoms with Crippen molar-refractivity contribution in [1.29, 1.82) is 0 Å². The van der Waals surface area contributed by atoms with Crippen molar-refractivity contribution in [3.63, 3.8) is 0 Å². The molecule has 1 aromatic carbocycles. The van der Waals surface area contributed by atoms with Crippen molar-refractivity contribution in [3.05, 3.63) is 30.1 Å². The summed E-state index contributed by atoms with van der Waals surface area (Å²) < 4.78 is 5.23. The van der Waals surface area contributed by atoms with Gasteiger partial charge in [-0.3, -0.25) is 9.89 Å². The van der Waals surface area contributed by atoms with Gasteiger partial charge >= 0.3 is 0 Å². The summed E-state index contributed by atoms with van der Waals surface area (Å²) in [6, 6.07) is 7.52. The third-order valence-electron chi connectivity index (χ3n) is 3.29. The molecular weight excluding hydrogens is 256 g/mol. The SMILES string of the molecule is Cc1nc(-c2cccc(NC(=O)C3CCOC3)c2)n[nH]1. The average Bonchev–Trinajstić information content (AvgIpc) is 3.10. The topological polar surface area (TPSA) is 79.9 Å². The van der Waals surface area contributed by atoms with E-state index in [1.165, 1.54) is 0 Å². The Balaban J connectivity index is 1.75. The molecule has 1 aliphatic heterocycles. The number of aromatic amines is 1. The lowest BCUT2D eigenvalue weighted by Crippen LogP contribution is -2.22. The summed E-state index contributed by atoms with van der Waals surface area (Å²) in [5, 5.41) is 9.84. The second-order valence-corrected chi connectivity index (χ2v) is 4.87. The Hall–Kier alpha value is -2.21. The van der Waals surface area contributed by atoms with Crippen molar-refractivity contribution >= 4 is 11.6 Å². The number of aryl methyl sites for hydroxylation is 1. The number of benzene rings is 1. The van der Waals surface area contributed by atoms with Gasteiger partial charge in [-0.15, -0.1) is 0 Å². The number of aromatic nitrogens is 3. The van der Waals surface area contributed by atoms with Crippen LogP contribution in [0.25, 0.3) is 11.4 Å². The number of hydrogen-bond acceptors (Lipinski definition) is 4. The number of nitrogens with zero attached hydrogens (tertiary/aromatic N) is 2. The first-order valence-electron chi connectivity index (χ1n) is 6.60. The van der Waals surface area contributed by atoms with Gasteiger partial charge in [-0.25, -0.2) is 4.98 Å². The van der Waals surface area contributed by atoms with Crippen LogP contribution in [0, 0.1) is 12.8 Å². The van der Waals surface area contributed by atoms with Crippen molar-refractivity contribution in [3.8, 4) is 11.4 Å². The zero-order chi connectivity index (χ0) is 13.9. The first-order chi connectivity index (χ1) is 9.72. The molecule has 2 heterocycles. The lowest BCUT2D eigenvalue weighted by atomic mass is 10.1. The van der Waals surface area contributed by atoms with Crippen LogP contribution in [0.5, 0.6) is 0 Å². The third-order valence-corrected chi connectivity index (χ3v) is 3.29. The Bertz CT molecular complexity index is 617. The summed E-state index contributed by atoms with van der Waals surface area (Å²) in [4.78, 5) is 16.3. The van der Waals surface area contributed by atoms with E-state index in [1.54, 1.807) is 0 Å². The zero-order valence-electron chi connectivity index (χ0n) is 11.2. The van der Waals surface area contributed by atoms with E-state index in [4.69, 9.17) is 4.74 Å². The summed E-state index contributed by atoms with van der Waals surface area (Å²) in [7, 11) is 0. The van der Waals surface area contributed by atoms with E-state index in [9.17, 15) is 4.79 Å². The lowest BCUT2D eigenvalue weighted by Gasteiger charge is -2.09. The predicted octanol–water partition coefficient (Wildman–Crippen LogP) is 1.76. The average molecular weight is 272 g/mol. The molecule has 1 fully saturated rings. The Labute approximate surface area is 116 Å². The van der Waals surface area contributed by atoms with E-state index in [0.29, 0.717) is 19.0 Å². The van der Waals surface area contributed by atoms with E-state index in [2.05, 4.69) is 20.5 Å². The van der Waals surface area contributed by atoms with Gasteiger partial charge in [0, 0.05) is 17.9 Å². The number of amides is 1. The van der Waals surface area contributed by atoms with Gasteiger partial charge < -0.3 is 10.1 Å². The molecular formula is C14H16N4O2. The molecule has 1 atom stereocenters. The van der Waals surface area contributed by atoms with Crippen molar-refractivity contribution < 1.29 is 9.53 Å². The first kappa shape index (κ1) is 12.8. The van der Waals surface area contributed by atoms with Crippen LogP contribution in [0.3, 0.4) is 0 Å². The van der Waals surface area contributed by atoms with Crippen molar-refractivity contribution in [1.82, 2.24) is 15.2 Å². The van der Waals surface area contributed by atoms with Gasteiger partial charge in [-0.05, 0) is 25.5 Å². The van der Waals surface area contributed by atoms with Gasteiger partial charge in [-0.1, -0.05) is 12.1 Å². The fourth-order valence-corrected chi connectivity index (χ4v) is 2.19. The second-order valence-electron chi connectivity index (χ2n) is 4.87. The van der Waals surface area contributed by atoms with Crippen LogP contribution in [0.2, 0.25) is 0 Å². The van der Waals surface area contributed by atoms with Gasteiger partial charge in [0.15, 0.2) is 5.82 Å². The molecule has 20 heavy (non-hydrogen) atoms. The molecule has 6 nitrogen and oxygen atoms in total. The molecule has 1 aliphatic rings. The molecule has 1 saturated heterocycles. The molecule has 0 spiro atoms. The van der Waals surface area contributed by atoms with Gasteiger partial charge in [0.1, 0.15) is 5.82 Å². The van der Waals surface area contributed by atoms with Crippen molar-refractivity contribution in [2.24, 2.45) is 5.92 Å². The summed E-state index contributed by atoms with van der Waals surface area (Å²) in [6.45, 7) is 3.02. The molecule has 3 rings (SSSR count). The lowest BCUT2D eigenvalue weighted by molar-refractivity contribution is -0.119. The molecule has 104 valence electrons. The fraction of sp³-hybridized carbons (Fsp3) is 0.357. The van der Waals surface area contributed by atoms with E-state index in [1.807, 2.05) is 31.2 Å². The fourth-order valence-electron chi connectivity index (χ4n) is 2.19. The Morgan fingerprint density at radius 2 is 2.40 bits per heavy atom. The maximum atomic E-state index is 12.0. The molecule has 1 unspecified atom stereocenters. The Morgan fingerprint density at radius 3 is 3.10 bits per heavy atom. The second kappa shape index (κ2) is 5.42. The quantitative estimate of drug-likeness (QED) is 0.892. The van der Waals surface area contributed by atoms with E-state index >= 15 is 0 Å². The smallest absolute Gasteiger partial charge is 0.229 e. The van der Waals surface area contributed by atoms with Gasteiger partial charge in [0.25, 0.3) is 0 Å². The number of rotatable bonds is 3. The van der Waals surface area contributed by atoms with Crippen LogP contribution in [0.1, 0.15) is 12.2 Å². The van der Waals surface area contributed by atoms with Gasteiger partial charge in [-0.2, -0.15) is 5.10 Å². The van der Waals surface area contributed by atoms with E-state index in [0.717, 1.165) is 23.5 Å². The van der Waals surface area contributed by atoms with Crippen LogP contribution in [0.15, 0.2) is 24.3 Å². The molecule has 1 amide bonds. The molecule has 0 bridgehead atoms. The van der Waals surface area contributed by atoms with Gasteiger partial charge in [0.2, 0.25) is 5.91 Å². The van der Waals surface area contributed by atoms with Crippen molar-refractivity contribution in [2.45, 2.75) is 13.3 Å². The molecule has 2 N–H and O–H groups in total. The number of H-pyrrole nitrogens is 1. The molecule has 0 radical (unpaired) electrons. The van der Waals surface area contributed by atoms with E-state index < -0.39 is 0 Å².